The van der Waals surface area contributed by atoms with Crippen LogP contribution in [0.1, 0.15) is 22.0 Å². The largest absolute Gasteiger partial charge is 0.478 e. The highest BCUT2D eigenvalue weighted by atomic mass is 16.4. The normalized spacial score (nSPS) is 10.3. The average molecular weight is 247 g/mol. The number of nitrogens with two attached hydrogens (primary N) is 1. The van der Waals surface area contributed by atoms with Gasteiger partial charge in [-0.15, -0.1) is 0 Å². The van der Waals surface area contributed by atoms with Crippen LogP contribution in [0.5, 0.6) is 0 Å². The number of carboxylic acids is 1. The Morgan fingerprint density at radius 2 is 2.33 bits per heavy atom. The molecule has 0 radical (unpaired) electrons. The maximum atomic E-state index is 11.0. The number of hydrogen-bond donors (Lipinski definition) is 3. The van der Waals surface area contributed by atoms with Crippen molar-refractivity contribution in [2.45, 2.75) is 13.5 Å². The first-order valence-corrected chi connectivity index (χ1v) is 5.34. The monoisotopic (exact) mass is 247 g/mol. The van der Waals surface area contributed by atoms with Crippen LogP contribution in [0.2, 0.25) is 0 Å². The van der Waals surface area contributed by atoms with Crippen LogP contribution in [-0.4, -0.2) is 16.1 Å². The molecule has 1 aromatic heterocycles. The van der Waals surface area contributed by atoms with E-state index in [-0.39, 0.29) is 5.56 Å². The number of nitrogens with one attached hydrogen (secondary N) is 1. The quantitative estimate of drug-likeness (QED) is 0.713. The van der Waals surface area contributed by atoms with Crippen LogP contribution in [0.25, 0.3) is 0 Å². The Labute approximate surface area is 103 Å². The number of aryl methyl sites for hydroxylation is 1. The Balaban J connectivity index is 2.17. The Hall–Kier alpha value is -2.50. The summed E-state index contributed by atoms with van der Waals surface area (Å²) < 4.78 is 5.28. The van der Waals surface area contributed by atoms with Gasteiger partial charge in [0.25, 0.3) is 0 Å². The fourth-order valence-corrected chi connectivity index (χ4v) is 1.55. The van der Waals surface area contributed by atoms with Gasteiger partial charge in [-0.05, 0) is 25.1 Å². The first-order chi connectivity index (χ1) is 8.56. The third-order valence-corrected chi connectivity index (χ3v) is 2.37. The molecule has 1 heterocycles. The molecular formula is C12H13N3O3. The number of carboxylic acid groups (broad SMARTS) is 1. The molecule has 0 atom stereocenters. The highest BCUT2D eigenvalue weighted by molar-refractivity contribution is 5.95. The van der Waals surface area contributed by atoms with E-state index in [4.69, 9.17) is 15.3 Å². The van der Waals surface area contributed by atoms with Crippen LogP contribution >= 0.6 is 0 Å². The number of anilines is 2. The second kappa shape index (κ2) is 4.79. The average Bonchev–Trinajstić information content (AvgIpc) is 2.72. The van der Waals surface area contributed by atoms with Gasteiger partial charge in [-0.3, -0.25) is 0 Å². The van der Waals surface area contributed by atoms with Crippen molar-refractivity contribution in [3.63, 3.8) is 0 Å². The van der Waals surface area contributed by atoms with E-state index in [1.54, 1.807) is 25.3 Å². The lowest BCUT2D eigenvalue weighted by molar-refractivity contribution is 0.0698. The van der Waals surface area contributed by atoms with Crippen LogP contribution in [0.15, 0.2) is 28.8 Å². The molecule has 0 fully saturated rings. The van der Waals surface area contributed by atoms with Crippen LogP contribution in [0.4, 0.5) is 11.4 Å². The Morgan fingerprint density at radius 1 is 1.56 bits per heavy atom. The predicted molar refractivity (Wildman–Crippen MR) is 66.4 cm³/mol. The van der Waals surface area contributed by atoms with Gasteiger partial charge < -0.3 is 20.6 Å². The minimum atomic E-state index is -1.01. The second-order valence-electron chi connectivity index (χ2n) is 3.83. The fraction of sp³-hybridized carbons (Fsp3) is 0.167. The maximum Gasteiger partial charge on any atom is 0.337 e. The number of rotatable bonds is 4. The minimum absolute atomic E-state index is 0.160. The SMILES string of the molecule is Cc1cnc(CNc2cc(N)ccc2C(=O)O)o1. The molecule has 0 spiro atoms. The Bertz CT molecular complexity index is 578. The van der Waals surface area contributed by atoms with Gasteiger partial charge >= 0.3 is 5.97 Å². The van der Waals surface area contributed by atoms with Crippen molar-refractivity contribution in [3.05, 3.63) is 41.6 Å². The molecule has 0 unspecified atom stereocenters. The van der Waals surface area contributed by atoms with E-state index in [2.05, 4.69) is 10.3 Å². The van der Waals surface area contributed by atoms with Crippen LogP contribution < -0.4 is 11.1 Å². The number of benzene rings is 1. The Kier molecular flexibility index (Phi) is 3.18. The van der Waals surface area contributed by atoms with E-state index in [9.17, 15) is 4.79 Å². The van der Waals surface area contributed by atoms with E-state index < -0.39 is 5.97 Å². The molecule has 1 aromatic carbocycles. The van der Waals surface area contributed by atoms with Crippen LogP contribution in [0.3, 0.4) is 0 Å². The number of carbonyl (C=O) groups is 1. The fourth-order valence-electron chi connectivity index (χ4n) is 1.55. The van der Waals surface area contributed by atoms with Crippen LogP contribution in [-0.2, 0) is 6.54 Å². The van der Waals surface area contributed by atoms with Gasteiger partial charge in [0.2, 0.25) is 5.89 Å². The molecule has 0 saturated carbocycles. The summed E-state index contributed by atoms with van der Waals surface area (Å²) in [5, 5.41) is 12.0. The molecule has 0 aliphatic heterocycles. The molecule has 0 saturated heterocycles. The highest BCUT2D eigenvalue weighted by Gasteiger charge is 2.10. The van der Waals surface area contributed by atoms with Crippen molar-refractivity contribution in [1.82, 2.24) is 4.98 Å². The zero-order valence-corrected chi connectivity index (χ0v) is 9.80. The van der Waals surface area contributed by atoms with Crippen molar-refractivity contribution < 1.29 is 14.3 Å². The lowest BCUT2D eigenvalue weighted by Gasteiger charge is -2.08. The third-order valence-electron chi connectivity index (χ3n) is 2.37. The highest BCUT2D eigenvalue weighted by Crippen LogP contribution is 2.20. The summed E-state index contributed by atoms with van der Waals surface area (Å²) in [6, 6.07) is 4.57. The van der Waals surface area contributed by atoms with Gasteiger partial charge in [0.15, 0.2) is 0 Å². The number of hydrogen-bond acceptors (Lipinski definition) is 5. The van der Waals surface area contributed by atoms with Crippen molar-refractivity contribution in [1.29, 1.82) is 0 Å². The number of aromatic nitrogens is 1. The zero-order chi connectivity index (χ0) is 13.1. The first kappa shape index (κ1) is 12.0. The standard InChI is InChI=1S/C12H13N3O3/c1-7-5-15-11(18-7)6-14-10-4-8(13)2-3-9(10)12(16)17/h2-5,14H,6,13H2,1H3,(H,16,17). The molecule has 18 heavy (non-hydrogen) atoms. The van der Waals surface area contributed by atoms with E-state index in [1.165, 1.54) is 6.07 Å². The van der Waals surface area contributed by atoms with E-state index in [1.807, 2.05) is 0 Å². The summed E-state index contributed by atoms with van der Waals surface area (Å²) in [6.07, 6.45) is 1.61. The molecule has 0 amide bonds. The van der Waals surface area contributed by atoms with Gasteiger partial charge in [-0.1, -0.05) is 0 Å². The lowest BCUT2D eigenvalue weighted by atomic mass is 10.1. The zero-order valence-electron chi connectivity index (χ0n) is 9.80. The first-order valence-electron chi connectivity index (χ1n) is 5.34. The number of oxazole rings is 1. The lowest BCUT2D eigenvalue weighted by Crippen LogP contribution is -2.07. The smallest absolute Gasteiger partial charge is 0.337 e. The third kappa shape index (κ3) is 2.60. The van der Waals surface area contributed by atoms with Crippen molar-refractivity contribution in [3.8, 4) is 0 Å². The number of nitrogens with zero attached hydrogens (tertiary/aromatic N) is 1. The number of nitrogen functional groups attached to an aromatic ring is 1. The summed E-state index contributed by atoms with van der Waals surface area (Å²) in [5.74, 6) is 0.185. The molecule has 94 valence electrons. The minimum Gasteiger partial charge on any atom is -0.478 e. The van der Waals surface area contributed by atoms with Crippen molar-refractivity contribution >= 4 is 17.3 Å². The second-order valence-corrected chi connectivity index (χ2v) is 3.83. The molecule has 4 N–H and O–H groups in total. The van der Waals surface area contributed by atoms with Gasteiger partial charge in [-0.2, -0.15) is 0 Å². The summed E-state index contributed by atoms with van der Waals surface area (Å²) in [6.45, 7) is 2.09. The van der Waals surface area contributed by atoms with Gasteiger partial charge in [0.05, 0.1) is 24.0 Å². The van der Waals surface area contributed by atoms with Gasteiger partial charge in [0, 0.05) is 5.69 Å². The number of aromatic carboxylic acids is 1. The molecular weight excluding hydrogens is 234 g/mol. The molecule has 6 nitrogen and oxygen atoms in total. The van der Waals surface area contributed by atoms with Crippen molar-refractivity contribution in [2.75, 3.05) is 11.1 Å². The van der Waals surface area contributed by atoms with Gasteiger partial charge in [0.1, 0.15) is 5.76 Å². The summed E-state index contributed by atoms with van der Waals surface area (Å²) in [5.41, 5.74) is 6.72. The van der Waals surface area contributed by atoms with E-state index in [0.29, 0.717) is 29.6 Å². The molecule has 0 aliphatic carbocycles. The summed E-state index contributed by atoms with van der Waals surface area (Å²) in [7, 11) is 0. The molecule has 0 aliphatic rings. The molecule has 2 rings (SSSR count). The topological polar surface area (TPSA) is 101 Å². The summed E-state index contributed by atoms with van der Waals surface area (Å²) >= 11 is 0. The van der Waals surface area contributed by atoms with E-state index in [0.717, 1.165) is 0 Å². The maximum absolute atomic E-state index is 11.0. The molecule has 2 aromatic rings. The predicted octanol–water partition coefficient (Wildman–Crippen LogP) is 1.88. The van der Waals surface area contributed by atoms with Gasteiger partial charge in [-0.25, -0.2) is 9.78 Å². The Morgan fingerprint density at radius 3 is 2.94 bits per heavy atom. The molecule has 6 heteroatoms. The van der Waals surface area contributed by atoms with Crippen LogP contribution in [0, 0.1) is 6.92 Å². The van der Waals surface area contributed by atoms with E-state index >= 15 is 0 Å². The summed E-state index contributed by atoms with van der Waals surface area (Å²) in [4.78, 5) is 15.0. The molecule has 0 bridgehead atoms. The van der Waals surface area contributed by atoms with Crippen molar-refractivity contribution in [2.24, 2.45) is 0 Å².